The SMILES string of the molecule is CCOC(=O)CN1CC(Cc2ccc(Cl)cc2Cl)N(CC(F)F)C1=O. The normalized spacial score (nSPS) is 17.5. The number of rotatable bonds is 7. The molecular formula is C16H18Cl2F2N2O3. The smallest absolute Gasteiger partial charge is 0.325 e. The Morgan fingerprint density at radius 2 is 2.12 bits per heavy atom. The Morgan fingerprint density at radius 3 is 2.72 bits per heavy atom. The van der Waals surface area contributed by atoms with Crippen LogP contribution in [0.5, 0.6) is 0 Å². The maximum absolute atomic E-state index is 12.9. The first kappa shape index (κ1) is 19.7. The minimum atomic E-state index is -2.67. The minimum Gasteiger partial charge on any atom is -0.465 e. The highest BCUT2D eigenvalue weighted by Gasteiger charge is 2.39. The molecule has 138 valence electrons. The van der Waals surface area contributed by atoms with Crippen LogP contribution in [0.15, 0.2) is 18.2 Å². The van der Waals surface area contributed by atoms with Crippen molar-refractivity contribution in [1.29, 1.82) is 0 Å². The molecule has 9 heteroatoms. The number of halogens is 4. The van der Waals surface area contributed by atoms with E-state index in [4.69, 9.17) is 27.9 Å². The maximum atomic E-state index is 12.9. The van der Waals surface area contributed by atoms with E-state index >= 15 is 0 Å². The van der Waals surface area contributed by atoms with Crippen LogP contribution in [-0.4, -0.2) is 60.5 Å². The van der Waals surface area contributed by atoms with Gasteiger partial charge in [-0.15, -0.1) is 0 Å². The van der Waals surface area contributed by atoms with Crippen LogP contribution in [0.3, 0.4) is 0 Å². The summed E-state index contributed by atoms with van der Waals surface area (Å²) >= 11 is 12.0. The summed E-state index contributed by atoms with van der Waals surface area (Å²) in [5.74, 6) is -0.571. The lowest BCUT2D eigenvalue weighted by Crippen LogP contribution is -2.40. The first-order valence-electron chi connectivity index (χ1n) is 7.75. The molecule has 0 bridgehead atoms. The Bertz CT molecular complexity index is 646. The lowest BCUT2D eigenvalue weighted by molar-refractivity contribution is -0.143. The Balaban J connectivity index is 2.15. The van der Waals surface area contributed by atoms with E-state index in [0.717, 1.165) is 4.90 Å². The van der Waals surface area contributed by atoms with Crippen molar-refractivity contribution in [3.05, 3.63) is 33.8 Å². The van der Waals surface area contributed by atoms with Crippen molar-refractivity contribution >= 4 is 35.2 Å². The minimum absolute atomic E-state index is 0.142. The van der Waals surface area contributed by atoms with Crippen LogP contribution < -0.4 is 0 Å². The number of urea groups is 1. The number of alkyl halides is 2. The topological polar surface area (TPSA) is 49.9 Å². The Hall–Kier alpha value is -1.60. The summed E-state index contributed by atoms with van der Waals surface area (Å²) in [6, 6.07) is 3.78. The number of carbonyl (C=O) groups excluding carboxylic acids is 2. The highest BCUT2D eigenvalue weighted by molar-refractivity contribution is 6.35. The van der Waals surface area contributed by atoms with Gasteiger partial charge in [0.1, 0.15) is 6.54 Å². The third-order valence-corrected chi connectivity index (χ3v) is 4.41. The number of esters is 1. The van der Waals surface area contributed by atoms with Crippen LogP contribution in [0.25, 0.3) is 0 Å². The summed E-state index contributed by atoms with van der Waals surface area (Å²) in [6.07, 6.45) is -2.39. The standard InChI is InChI=1S/C16H18Cl2F2N2O3/c1-2-25-15(23)9-21-7-12(22(16(21)24)8-14(19)20)5-10-3-4-11(17)6-13(10)18/h3-4,6,12,14H,2,5,7-9H2,1H3. The van der Waals surface area contributed by atoms with E-state index in [1.54, 1.807) is 25.1 Å². The van der Waals surface area contributed by atoms with Crippen LogP contribution in [0.4, 0.5) is 13.6 Å². The van der Waals surface area contributed by atoms with Gasteiger partial charge in [0, 0.05) is 16.6 Å². The van der Waals surface area contributed by atoms with Crippen LogP contribution in [0.1, 0.15) is 12.5 Å². The van der Waals surface area contributed by atoms with Gasteiger partial charge in [-0.25, -0.2) is 13.6 Å². The number of ether oxygens (including phenoxy) is 1. The summed E-state index contributed by atoms with van der Waals surface area (Å²) in [5.41, 5.74) is 0.695. The van der Waals surface area contributed by atoms with Gasteiger partial charge in [-0.3, -0.25) is 4.79 Å². The second-order valence-corrected chi connectivity index (χ2v) is 6.45. The summed E-state index contributed by atoms with van der Waals surface area (Å²) in [5, 5.41) is 0.866. The number of amides is 2. The van der Waals surface area contributed by atoms with Crippen molar-refractivity contribution in [2.75, 3.05) is 26.2 Å². The van der Waals surface area contributed by atoms with Gasteiger partial charge in [0.2, 0.25) is 0 Å². The molecule has 1 heterocycles. The fourth-order valence-electron chi connectivity index (χ4n) is 2.76. The number of carbonyl (C=O) groups is 2. The van der Waals surface area contributed by atoms with E-state index in [0.29, 0.717) is 15.6 Å². The molecular weight excluding hydrogens is 377 g/mol. The average molecular weight is 395 g/mol. The highest BCUT2D eigenvalue weighted by Crippen LogP contribution is 2.26. The van der Waals surface area contributed by atoms with Gasteiger partial charge in [0.05, 0.1) is 19.2 Å². The molecule has 0 aromatic heterocycles. The zero-order valence-electron chi connectivity index (χ0n) is 13.6. The first-order chi connectivity index (χ1) is 11.8. The lowest BCUT2D eigenvalue weighted by atomic mass is 10.1. The Labute approximate surface area is 154 Å². The van der Waals surface area contributed by atoms with Crippen molar-refractivity contribution in [2.45, 2.75) is 25.8 Å². The largest absolute Gasteiger partial charge is 0.465 e. The van der Waals surface area contributed by atoms with Crippen LogP contribution >= 0.6 is 23.2 Å². The number of hydrogen-bond donors (Lipinski definition) is 0. The van der Waals surface area contributed by atoms with Gasteiger partial charge in [-0.05, 0) is 31.0 Å². The molecule has 1 fully saturated rings. The molecule has 0 N–H and O–H groups in total. The molecule has 1 saturated heterocycles. The predicted octanol–water partition coefficient (Wildman–Crippen LogP) is 3.47. The Morgan fingerprint density at radius 1 is 1.40 bits per heavy atom. The van der Waals surface area contributed by atoms with Crippen LogP contribution in [-0.2, 0) is 16.0 Å². The zero-order valence-corrected chi connectivity index (χ0v) is 15.1. The van der Waals surface area contributed by atoms with Crippen molar-refractivity contribution in [2.24, 2.45) is 0 Å². The van der Waals surface area contributed by atoms with Gasteiger partial charge >= 0.3 is 12.0 Å². The molecule has 0 aliphatic carbocycles. The fraction of sp³-hybridized carbons (Fsp3) is 0.500. The van der Waals surface area contributed by atoms with Crippen molar-refractivity contribution in [3.63, 3.8) is 0 Å². The van der Waals surface area contributed by atoms with Gasteiger partial charge in [-0.2, -0.15) is 0 Å². The molecule has 1 aromatic rings. The summed E-state index contributed by atoms with van der Waals surface area (Å²) < 4.78 is 30.6. The fourth-order valence-corrected chi connectivity index (χ4v) is 3.24. The number of hydrogen-bond acceptors (Lipinski definition) is 3. The molecule has 1 atom stereocenters. The highest BCUT2D eigenvalue weighted by atomic mass is 35.5. The average Bonchev–Trinajstić information content (AvgIpc) is 2.78. The van der Waals surface area contributed by atoms with Gasteiger partial charge in [0.25, 0.3) is 6.43 Å². The Kier molecular flexibility index (Phi) is 6.84. The van der Waals surface area contributed by atoms with Gasteiger partial charge in [-0.1, -0.05) is 29.3 Å². The molecule has 25 heavy (non-hydrogen) atoms. The number of benzene rings is 1. The van der Waals surface area contributed by atoms with Crippen LogP contribution in [0.2, 0.25) is 10.0 Å². The third kappa shape index (κ3) is 5.19. The monoisotopic (exact) mass is 394 g/mol. The first-order valence-corrected chi connectivity index (χ1v) is 8.50. The van der Waals surface area contributed by atoms with E-state index in [9.17, 15) is 18.4 Å². The number of nitrogens with zero attached hydrogens (tertiary/aromatic N) is 2. The van der Waals surface area contributed by atoms with E-state index in [-0.39, 0.29) is 26.1 Å². The lowest BCUT2D eigenvalue weighted by Gasteiger charge is -2.23. The molecule has 0 spiro atoms. The third-order valence-electron chi connectivity index (χ3n) is 3.82. The van der Waals surface area contributed by atoms with Gasteiger partial charge < -0.3 is 14.5 Å². The molecule has 0 radical (unpaired) electrons. The molecule has 2 rings (SSSR count). The molecule has 5 nitrogen and oxygen atoms in total. The predicted molar refractivity (Wildman–Crippen MR) is 90.3 cm³/mol. The maximum Gasteiger partial charge on any atom is 0.325 e. The van der Waals surface area contributed by atoms with Crippen molar-refractivity contribution in [1.82, 2.24) is 9.80 Å². The molecule has 1 unspecified atom stereocenters. The quantitative estimate of drug-likeness (QED) is 0.665. The molecule has 1 aliphatic heterocycles. The second kappa shape index (κ2) is 8.67. The molecule has 0 saturated carbocycles. The summed E-state index contributed by atoms with van der Waals surface area (Å²) in [7, 11) is 0. The van der Waals surface area contributed by atoms with Crippen molar-refractivity contribution in [3.8, 4) is 0 Å². The molecule has 1 aliphatic rings. The van der Waals surface area contributed by atoms with E-state index < -0.39 is 31.0 Å². The summed E-state index contributed by atoms with van der Waals surface area (Å²) in [4.78, 5) is 26.3. The van der Waals surface area contributed by atoms with E-state index in [1.807, 2.05) is 0 Å². The van der Waals surface area contributed by atoms with Gasteiger partial charge in [0.15, 0.2) is 0 Å². The molecule has 2 amide bonds. The zero-order chi connectivity index (χ0) is 18.6. The summed E-state index contributed by atoms with van der Waals surface area (Å²) in [6.45, 7) is 1.01. The van der Waals surface area contributed by atoms with Crippen LogP contribution in [0, 0.1) is 0 Å². The molecule has 1 aromatic carbocycles. The second-order valence-electron chi connectivity index (χ2n) is 5.61. The van der Waals surface area contributed by atoms with E-state index in [2.05, 4.69) is 0 Å². The van der Waals surface area contributed by atoms with E-state index in [1.165, 1.54) is 4.90 Å². The van der Waals surface area contributed by atoms with Crippen molar-refractivity contribution < 1.29 is 23.1 Å².